The van der Waals surface area contributed by atoms with E-state index in [1.54, 1.807) is 7.05 Å². The number of hydrogen-bond acceptors (Lipinski definition) is 5. The second-order valence-electron chi connectivity index (χ2n) is 4.34. The van der Waals surface area contributed by atoms with Crippen LogP contribution in [-0.2, 0) is 0 Å². The van der Waals surface area contributed by atoms with Crippen LogP contribution in [0.3, 0.4) is 0 Å². The molecule has 0 unspecified atom stereocenters. The number of nitrogens with one attached hydrogen (secondary N) is 2. The minimum Gasteiger partial charge on any atom is -0.396 e. The number of non-ortho nitro benzene ring substituents is 1. The van der Waals surface area contributed by atoms with Gasteiger partial charge in [-0.2, -0.15) is 0 Å². The standard InChI is InChI=1S/C13H21N3O3/c1-14-11-8-12(10-13(9-11)16(18)19)15-6-4-2-3-5-7-17/h8-10,14-15,17H,2-7H2,1H3. The summed E-state index contributed by atoms with van der Waals surface area (Å²) in [7, 11) is 1.73. The number of unbranched alkanes of at least 4 members (excludes halogenated alkanes) is 3. The van der Waals surface area contributed by atoms with Gasteiger partial charge >= 0.3 is 0 Å². The lowest BCUT2D eigenvalue weighted by molar-refractivity contribution is -0.384. The Kier molecular flexibility index (Phi) is 6.67. The predicted octanol–water partition coefficient (Wildman–Crippen LogP) is 2.60. The van der Waals surface area contributed by atoms with Gasteiger partial charge in [-0.3, -0.25) is 10.1 Å². The monoisotopic (exact) mass is 267 g/mol. The van der Waals surface area contributed by atoms with E-state index in [1.807, 2.05) is 6.07 Å². The molecule has 0 fully saturated rings. The molecule has 1 rings (SSSR count). The van der Waals surface area contributed by atoms with E-state index in [4.69, 9.17) is 5.11 Å². The molecule has 0 saturated carbocycles. The van der Waals surface area contributed by atoms with Crippen molar-refractivity contribution in [2.75, 3.05) is 30.8 Å². The highest BCUT2D eigenvalue weighted by Crippen LogP contribution is 2.24. The summed E-state index contributed by atoms with van der Waals surface area (Å²) in [6.07, 6.45) is 3.87. The molecule has 0 aromatic heterocycles. The van der Waals surface area contributed by atoms with Crippen LogP contribution in [0.1, 0.15) is 25.7 Å². The van der Waals surface area contributed by atoms with E-state index in [0.717, 1.165) is 43.6 Å². The molecule has 0 radical (unpaired) electrons. The van der Waals surface area contributed by atoms with Gasteiger partial charge in [0.25, 0.3) is 5.69 Å². The summed E-state index contributed by atoms with van der Waals surface area (Å²) in [5.41, 5.74) is 1.55. The van der Waals surface area contributed by atoms with Crippen molar-refractivity contribution in [3.63, 3.8) is 0 Å². The van der Waals surface area contributed by atoms with Gasteiger partial charge in [0, 0.05) is 43.7 Å². The third-order valence-corrected chi connectivity index (χ3v) is 2.83. The van der Waals surface area contributed by atoms with Gasteiger partial charge in [0.2, 0.25) is 0 Å². The van der Waals surface area contributed by atoms with Gasteiger partial charge < -0.3 is 15.7 Å². The number of benzene rings is 1. The number of rotatable bonds is 9. The number of nitro groups is 1. The number of anilines is 2. The van der Waals surface area contributed by atoms with E-state index in [9.17, 15) is 10.1 Å². The topological polar surface area (TPSA) is 87.4 Å². The van der Waals surface area contributed by atoms with Crippen LogP contribution >= 0.6 is 0 Å². The van der Waals surface area contributed by atoms with Gasteiger partial charge in [-0.25, -0.2) is 0 Å². The first-order valence-electron chi connectivity index (χ1n) is 6.49. The molecule has 6 nitrogen and oxygen atoms in total. The number of aliphatic hydroxyl groups is 1. The van der Waals surface area contributed by atoms with Gasteiger partial charge in [-0.15, -0.1) is 0 Å². The van der Waals surface area contributed by atoms with Crippen LogP contribution in [0.5, 0.6) is 0 Å². The second kappa shape index (κ2) is 8.31. The molecule has 19 heavy (non-hydrogen) atoms. The molecule has 0 spiro atoms. The van der Waals surface area contributed by atoms with Crippen molar-refractivity contribution in [3.8, 4) is 0 Å². The highest BCUT2D eigenvalue weighted by Gasteiger charge is 2.08. The molecule has 1 aromatic rings. The molecular formula is C13H21N3O3. The smallest absolute Gasteiger partial charge is 0.273 e. The maximum atomic E-state index is 10.8. The second-order valence-corrected chi connectivity index (χ2v) is 4.34. The molecular weight excluding hydrogens is 246 g/mol. The Bertz CT molecular complexity index is 410. The number of nitrogens with zero attached hydrogens (tertiary/aromatic N) is 1. The van der Waals surface area contributed by atoms with E-state index in [1.165, 1.54) is 12.1 Å². The van der Waals surface area contributed by atoms with Crippen LogP contribution in [0.4, 0.5) is 17.1 Å². The van der Waals surface area contributed by atoms with E-state index in [0.29, 0.717) is 0 Å². The highest BCUT2D eigenvalue weighted by atomic mass is 16.6. The fourth-order valence-corrected chi connectivity index (χ4v) is 1.79. The maximum Gasteiger partial charge on any atom is 0.273 e. The normalized spacial score (nSPS) is 10.2. The van der Waals surface area contributed by atoms with Crippen molar-refractivity contribution in [3.05, 3.63) is 28.3 Å². The molecule has 3 N–H and O–H groups in total. The molecule has 0 aliphatic carbocycles. The Balaban J connectivity index is 2.48. The average molecular weight is 267 g/mol. The molecule has 0 heterocycles. The SMILES string of the molecule is CNc1cc(NCCCCCCO)cc([N+](=O)[O-])c1. The minimum absolute atomic E-state index is 0.0784. The molecule has 0 aliphatic rings. The fraction of sp³-hybridized carbons (Fsp3) is 0.538. The van der Waals surface area contributed by atoms with Crippen molar-refractivity contribution >= 4 is 17.1 Å². The highest BCUT2D eigenvalue weighted by molar-refractivity contribution is 5.63. The largest absolute Gasteiger partial charge is 0.396 e. The van der Waals surface area contributed by atoms with Crippen molar-refractivity contribution in [2.45, 2.75) is 25.7 Å². The number of aliphatic hydroxyl groups excluding tert-OH is 1. The third-order valence-electron chi connectivity index (χ3n) is 2.83. The molecule has 0 bridgehead atoms. The molecule has 6 heteroatoms. The van der Waals surface area contributed by atoms with Crippen LogP contribution < -0.4 is 10.6 Å². The Morgan fingerprint density at radius 2 is 1.84 bits per heavy atom. The summed E-state index contributed by atoms with van der Waals surface area (Å²) in [4.78, 5) is 10.4. The first-order valence-corrected chi connectivity index (χ1v) is 6.49. The molecule has 0 saturated heterocycles. The minimum atomic E-state index is -0.396. The fourth-order valence-electron chi connectivity index (χ4n) is 1.79. The molecule has 1 aromatic carbocycles. The van der Waals surface area contributed by atoms with E-state index < -0.39 is 4.92 Å². The summed E-state index contributed by atoms with van der Waals surface area (Å²) < 4.78 is 0. The molecule has 0 amide bonds. The summed E-state index contributed by atoms with van der Waals surface area (Å²) >= 11 is 0. The van der Waals surface area contributed by atoms with Crippen molar-refractivity contribution < 1.29 is 10.0 Å². The van der Waals surface area contributed by atoms with Gasteiger partial charge in [-0.1, -0.05) is 12.8 Å². The van der Waals surface area contributed by atoms with Crippen molar-refractivity contribution in [1.29, 1.82) is 0 Å². The number of hydrogen-bond donors (Lipinski definition) is 3. The maximum absolute atomic E-state index is 10.8. The average Bonchev–Trinajstić information content (AvgIpc) is 2.42. The summed E-state index contributed by atoms with van der Waals surface area (Å²) in [5, 5.41) is 25.5. The zero-order valence-electron chi connectivity index (χ0n) is 11.2. The Labute approximate surface area is 113 Å². The van der Waals surface area contributed by atoms with Gasteiger partial charge in [-0.05, 0) is 18.9 Å². The quantitative estimate of drug-likeness (QED) is 0.363. The van der Waals surface area contributed by atoms with Crippen LogP contribution in [0, 0.1) is 10.1 Å². The van der Waals surface area contributed by atoms with Crippen molar-refractivity contribution in [2.24, 2.45) is 0 Å². The van der Waals surface area contributed by atoms with Crippen LogP contribution in [0.15, 0.2) is 18.2 Å². The lowest BCUT2D eigenvalue weighted by atomic mass is 10.2. The van der Waals surface area contributed by atoms with Crippen LogP contribution in [0.2, 0.25) is 0 Å². The van der Waals surface area contributed by atoms with E-state index in [-0.39, 0.29) is 12.3 Å². The zero-order valence-corrected chi connectivity index (χ0v) is 11.2. The van der Waals surface area contributed by atoms with Gasteiger partial charge in [0.05, 0.1) is 4.92 Å². The summed E-state index contributed by atoms with van der Waals surface area (Å²) in [5.74, 6) is 0. The Morgan fingerprint density at radius 3 is 2.47 bits per heavy atom. The first-order chi connectivity index (χ1) is 9.17. The van der Waals surface area contributed by atoms with Gasteiger partial charge in [0.1, 0.15) is 0 Å². The summed E-state index contributed by atoms with van der Waals surface area (Å²) in [6.45, 7) is 1.01. The molecule has 0 atom stereocenters. The van der Waals surface area contributed by atoms with Gasteiger partial charge in [0.15, 0.2) is 0 Å². The predicted molar refractivity (Wildman–Crippen MR) is 76.7 cm³/mol. The molecule has 106 valence electrons. The first kappa shape index (κ1) is 15.2. The Morgan fingerprint density at radius 1 is 1.16 bits per heavy atom. The number of nitro benzene ring substituents is 1. The Hall–Kier alpha value is -1.82. The van der Waals surface area contributed by atoms with E-state index in [2.05, 4.69) is 10.6 Å². The zero-order chi connectivity index (χ0) is 14.1. The summed E-state index contributed by atoms with van der Waals surface area (Å²) in [6, 6.07) is 4.89. The van der Waals surface area contributed by atoms with E-state index >= 15 is 0 Å². The lowest BCUT2D eigenvalue weighted by Crippen LogP contribution is -2.03. The molecule has 0 aliphatic heterocycles. The van der Waals surface area contributed by atoms with Crippen LogP contribution in [-0.4, -0.2) is 30.2 Å². The van der Waals surface area contributed by atoms with Crippen molar-refractivity contribution in [1.82, 2.24) is 0 Å². The lowest BCUT2D eigenvalue weighted by Gasteiger charge is -2.08. The third kappa shape index (κ3) is 5.56. The van der Waals surface area contributed by atoms with Crippen LogP contribution in [0.25, 0.3) is 0 Å².